The summed E-state index contributed by atoms with van der Waals surface area (Å²) in [6, 6.07) is 18.3. The van der Waals surface area contributed by atoms with Gasteiger partial charge in [-0.05, 0) is 131 Å². The van der Waals surface area contributed by atoms with Gasteiger partial charge in [0, 0.05) is 11.8 Å². The van der Waals surface area contributed by atoms with Crippen LogP contribution in [0.4, 0.5) is 0 Å². The number of ketones is 1. The lowest BCUT2D eigenvalue weighted by Gasteiger charge is -2.48. The van der Waals surface area contributed by atoms with E-state index in [1.54, 1.807) is 11.1 Å². The Kier molecular flexibility index (Phi) is 7.12. The molecule has 208 valence electrons. The Morgan fingerprint density at radius 2 is 1.67 bits per heavy atom. The molecule has 0 amide bonds. The molecule has 0 spiro atoms. The number of carbonyl (C=O) groups excluding carboxylic acids is 1. The van der Waals surface area contributed by atoms with E-state index in [9.17, 15) is 4.79 Å². The van der Waals surface area contributed by atoms with Crippen LogP contribution >= 0.6 is 0 Å². The van der Waals surface area contributed by atoms with Crippen molar-refractivity contribution in [2.75, 3.05) is 0 Å². The normalized spacial score (nSPS) is 31.5. The standard InChI is InChI=1S/C35H47BO3/c1-33(2)34(3,4)39-36(38-33)23-27(25-11-7-6-8-12-25)13-9-10-24-14-16-28-26(22-24)15-17-30-29(28)20-21-35(5)31(30)18-19-32(35)37/h6-8,11-12,14,16,22,27,29-31H,9-10,13,15,17-21,23H2,1-5H3/t27-,29+,30+,31-,35-/m0/s1. The van der Waals surface area contributed by atoms with Gasteiger partial charge in [0.05, 0.1) is 11.2 Å². The third kappa shape index (κ3) is 4.95. The lowest BCUT2D eigenvalue weighted by atomic mass is 9.55. The highest BCUT2D eigenvalue weighted by Gasteiger charge is 2.54. The fourth-order valence-corrected chi connectivity index (χ4v) is 8.55. The van der Waals surface area contributed by atoms with E-state index in [1.807, 2.05) is 0 Å². The molecule has 3 nitrogen and oxygen atoms in total. The van der Waals surface area contributed by atoms with Crippen LogP contribution in [0.3, 0.4) is 0 Å². The molecule has 5 atom stereocenters. The van der Waals surface area contributed by atoms with Crippen molar-refractivity contribution in [2.24, 2.45) is 17.3 Å². The van der Waals surface area contributed by atoms with E-state index in [4.69, 9.17) is 9.31 Å². The Bertz CT molecular complexity index is 1190. The zero-order chi connectivity index (χ0) is 27.4. The third-order valence-corrected chi connectivity index (χ3v) is 11.6. The number of hydrogen-bond donors (Lipinski definition) is 0. The molecule has 39 heavy (non-hydrogen) atoms. The van der Waals surface area contributed by atoms with Gasteiger partial charge in [-0.3, -0.25) is 4.79 Å². The molecule has 3 aliphatic carbocycles. The first-order valence-electron chi connectivity index (χ1n) is 15.6. The number of fused-ring (bicyclic) bond motifs is 5. The summed E-state index contributed by atoms with van der Waals surface area (Å²) in [4.78, 5) is 12.7. The summed E-state index contributed by atoms with van der Waals surface area (Å²) in [5, 5.41) is 0. The largest absolute Gasteiger partial charge is 0.458 e. The second kappa shape index (κ2) is 10.2. The summed E-state index contributed by atoms with van der Waals surface area (Å²) in [7, 11) is -0.163. The van der Waals surface area contributed by atoms with Crippen LogP contribution in [0, 0.1) is 17.3 Å². The molecule has 4 heteroatoms. The van der Waals surface area contributed by atoms with Crippen molar-refractivity contribution in [3.05, 3.63) is 70.8 Å². The Balaban J connectivity index is 1.11. The highest BCUT2D eigenvalue weighted by Crippen LogP contribution is 2.59. The van der Waals surface area contributed by atoms with Crippen molar-refractivity contribution in [3.63, 3.8) is 0 Å². The second-order valence-electron chi connectivity index (χ2n) is 14.3. The Hall–Kier alpha value is -1.91. The maximum absolute atomic E-state index is 12.7. The minimum absolute atomic E-state index is 0.0337. The van der Waals surface area contributed by atoms with Crippen LogP contribution in [0.15, 0.2) is 48.5 Å². The van der Waals surface area contributed by atoms with Gasteiger partial charge in [0.25, 0.3) is 0 Å². The number of carbonyl (C=O) groups is 1. The molecular weight excluding hydrogens is 479 g/mol. The summed E-state index contributed by atoms with van der Waals surface area (Å²) in [6.07, 6.45) is 11.0. The van der Waals surface area contributed by atoms with Gasteiger partial charge in [0.15, 0.2) is 0 Å². The number of aryl methyl sites for hydroxylation is 2. The molecule has 2 saturated carbocycles. The van der Waals surface area contributed by atoms with Crippen molar-refractivity contribution in [1.29, 1.82) is 0 Å². The lowest BCUT2D eigenvalue weighted by Crippen LogP contribution is -2.42. The zero-order valence-corrected chi connectivity index (χ0v) is 24.8. The molecule has 2 aromatic carbocycles. The van der Waals surface area contributed by atoms with Crippen LogP contribution in [0.2, 0.25) is 6.32 Å². The Morgan fingerprint density at radius 3 is 2.41 bits per heavy atom. The molecule has 4 aliphatic rings. The molecule has 1 aliphatic heterocycles. The quantitative estimate of drug-likeness (QED) is 0.341. The maximum atomic E-state index is 12.7. The second-order valence-corrected chi connectivity index (χ2v) is 14.3. The van der Waals surface area contributed by atoms with Crippen LogP contribution in [-0.4, -0.2) is 24.1 Å². The molecular formula is C35H47BO3. The first-order chi connectivity index (χ1) is 18.6. The van der Waals surface area contributed by atoms with Gasteiger partial charge in [-0.15, -0.1) is 0 Å². The Morgan fingerprint density at radius 1 is 0.923 bits per heavy atom. The predicted octanol–water partition coefficient (Wildman–Crippen LogP) is 8.31. The van der Waals surface area contributed by atoms with Crippen molar-refractivity contribution < 1.29 is 14.1 Å². The summed E-state index contributed by atoms with van der Waals surface area (Å²) < 4.78 is 12.8. The van der Waals surface area contributed by atoms with E-state index in [0.717, 1.165) is 44.8 Å². The van der Waals surface area contributed by atoms with E-state index in [-0.39, 0.29) is 23.7 Å². The average molecular weight is 527 g/mol. The molecule has 0 aromatic heterocycles. The molecule has 1 heterocycles. The average Bonchev–Trinajstić information content (AvgIpc) is 3.32. The van der Waals surface area contributed by atoms with Crippen LogP contribution < -0.4 is 0 Å². The van der Waals surface area contributed by atoms with Crippen LogP contribution in [0.25, 0.3) is 0 Å². The van der Waals surface area contributed by atoms with Gasteiger partial charge in [-0.1, -0.05) is 55.5 Å². The number of hydrogen-bond acceptors (Lipinski definition) is 3. The first kappa shape index (κ1) is 27.3. The molecule has 0 unspecified atom stereocenters. The van der Waals surface area contributed by atoms with Crippen molar-refractivity contribution in [1.82, 2.24) is 0 Å². The molecule has 0 bridgehead atoms. The van der Waals surface area contributed by atoms with Gasteiger partial charge in [0.2, 0.25) is 0 Å². The van der Waals surface area contributed by atoms with Gasteiger partial charge >= 0.3 is 7.12 Å². The highest BCUT2D eigenvalue weighted by molar-refractivity contribution is 6.45. The van der Waals surface area contributed by atoms with Crippen LogP contribution in [-0.2, 0) is 26.9 Å². The van der Waals surface area contributed by atoms with E-state index in [1.165, 1.54) is 30.4 Å². The van der Waals surface area contributed by atoms with Gasteiger partial charge in [-0.25, -0.2) is 0 Å². The Labute approximate surface area is 236 Å². The topological polar surface area (TPSA) is 35.5 Å². The fraction of sp³-hybridized carbons (Fsp3) is 0.629. The fourth-order valence-electron chi connectivity index (χ4n) is 8.55. The molecule has 1 saturated heterocycles. The zero-order valence-electron chi connectivity index (χ0n) is 24.8. The summed E-state index contributed by atoms with van der Waals surface area (Å²) in [5.41, 5.74) is 5.44. The molecule has 3 fully saturated rings. The van der Waals surface area contributed by atoms with E-state index >= 15 is 0 Å². The SMILES string of the molecule is CC1(C)OB(C[C@H](CCCc2ccc3c(c2)CC[C@@H]2[C@@H]3CC[C@]3(C)C(=O)CC[C@@H]23)c2ccccc2)OC1(C)C. The van der Waals surface area contributed by atoms with Crippen LogP contribution in [0.5, 0.6) is 0 Å². The lowest BCUT2D eigenvalue weighted by molar-refractivity contribution is -0.129. The smallest absolute Gasteiger partial charge is 0.403 e. The number of rotatable bonds is 7. The van der Waals surface area contributed by atoms with Crippen LogP contribution in [0.1, 0.15) is 114 Å². The number of Topliss-reactive ketones (excluding diaryl/α,β-unsaturated/α-hetero) is 1. The first-order valence-corrected chi connectivity index (χ1v) is 15.6. The van der Waals surface area contributed by atoms with Gasteiger partial charge in [0.1, 0.15) is 5.78 Å². The van der Waals surface area contributed by atoms with E-state index < -0.39 is 0 Å². The minimum Gasteiger partial charge on any atom is -0.403 e. The molecule has 0 radical (unpaired) electrons. The maximum Gasteiger partial charge on any atom is 0.458 e. The van der Waals surface area contributed by atoms with Crippen molar-refractivity contribution in [2.45, 2.75) is 122 Å². The highest BCUT2D eigenvalue weighted by atomic mass is 16.7. The predicted molar refractivity (Wildman–Crippen MR) is 159 cm³/mol. The van der Waals surface area contributed by atoms with Gasteiger partial charge < -0.3 is 9.31 Å². The van der Waals surface area contributed by atoms with Crippen molar-refractivity contribution in [3.8, 4) is 0 Å². The van der Waals surface area contributed by atoms with E-state index in [2.05, 4.69) is 83.1 Å². The minimum atomic E-state index is -0.286. The van der Waals surface area contributed by atoms with Crippen molar-refractivity contribution >= 4 is 12.9 Å². The molecule has 2 aromatic rings. The molecule has 6 rings (SSSR count). The summed E-state index contributed by atoms with van der Waals surface area (Å²) in [6.45, 7) is 10.8. The summed E-state index contributed by atoms with van der Waals surface area (Å²) >= 11 is 0. The van der Waals surface area contributed by atoms with Gasteiger partial charge in [-0.2, -0.15) is 0 Å². The third-order valence-electron chi connectivity index (χ3n) is 11.6. The van der Waals surface area contributed by atoms with E-state index in [0.29, 0.717) is 29.5 Å². The molecule has 0 N–H and O–H groups in total. The monoisotopic (exact) mass is 526 g/mol. The number of benzene rings is 2. The summed E-state index contributed by atoms with van der Waals surface area (Å²) in [5.74, 6) is 2.93.